The maximum atomic E-state index is 12.1. The highest BCUT2D eigenvalue weighted by Gasteiger charge is 2.42. The number of carbonyl (C=O) groups is 2. The molecular weight excluding hydrogens is 266 g/mol. The van der Waals surface area contributed by atoms with Gasteiger partial charge in [0, 0.05) is 12.1 Å². The van der Waals surface area contributed by atoms with Crippen molar-refractivity contribution in [2.75, 3.05) is 5.73 Å². The third-order valence-corrected chi connectivity index (χ3v) is 3.53. The van der Waals surface area contributed by atoms with Crippen molar-refractivity contribution < 1.29 is 18.4 Å². The zero-order chi connectivity index (χ0) is 15.2. The Morgan fingerprint density at radius 3 is 2.30 bits per heavy atom. The number of hydrogen-bond donors (Lipinski definition) is 2. The minimum absolute atomic E-state index is 0.186. The Morgan fingerprint density at radius 1 is 1.30 bits per heavy atom. The first-order valence-electron chi connectivity index (χ1n) is 6.22. The maximum Gasteiger partial charge on any atom is 0.298 e. The third-order valence-electron chi connectivity index (χ3n) is 3.53. The molecule has 6 heteroatoms. The van der Waals surface area contributed by atoms with Gasteiger partial charge in [0.05, 0.1) is 5.41 Å². The summed E-state index contributed by atoms with van der Waals surface area (Å²) in [5.74, 6) is -0.379. The molecule has 4 nitrogen and oxygen atoms in total. The number of benzene rings is 1. The molecule has 1 fully saturated rings. The first kappa shape index (κ1) is 16.1. The second-order valence-corrected chi connectivity index (χ2v) is 4.52. The van der Waals surface area contributed by atoms with Crippen LogP contribution in [0.25, 0.3) is 0 Å². The summed E-state index contributed by atoms with van der Waals surface area (Å²) in [6.07, 6.45) is 1.64. The first-order chi connectivity index (χ1) is 9.50. The van der Waals surface area contributed by atoms with Crippen LogP contribution < -0.4 is 11.1 Å². The molecule has 2 rings (SSSR count). The number of amides is 2. The van der Waals surface area contributed by atoms with Crippen LogP contribution in [0.2, 0.25) is 0 Å². The highest BCUT2D eigenvalue weighted by atomic mass is 19.3. The van der Waals surface area contributed by atoms with Crippen LogP contribution in [0.15, 0.2) is 24.3 Å². The molecule has 1 radical (unpaired) electrons. The van der Waals surface area contributed by atoms with Crippen molar-refractivity contribution in [1.82, 2.24) is 5.32 Å². The van der Waals surface area contributed by atoms with Crippen molar-refractivity contribution in [1.29, 1.82) is 0 Å². The Balaban J connectivity index is 0.000000612. The predicted molar refractivity (Wildman–Crippen MR) is 71.7 cm³/mol. The van der Waals surface area contributed by atoms with Gasteiger partial charge in [-0.05, 0) is 30.5 Å². The van der Waals surface area contributed by atoms with Gasteiger partial charge in [0.1, 0.15) is 0 Å². The SMILES string of the molecule is CCC1(c2ccc(N)cc2)CCC(=O)NC1=O.F[CH]F. The van der Waals surface area contributed by atoms with E-state index in [2.05, 4.69) is 5.32 Å². The number of nitrogens with two attached hydrogens (primary N) is 1. The molecule has 0 saturated carbocycles. The fourth-order valence-corrected chi connectivity index (χ4v) is 2.37. The molecule has 1 aromatic carbocycles. The first-order valence-corrected chi connectivity index (χ1v) is 6.22. The molecule has 1 atom stereocenters. The normalized spacial score (nSPS) is 21.8. The van der Waals surface area contributed by atoms with Crippen molar-refractivity contribution >= 4 is 17.5 Å². The molecule has 0 bridgehead atoms. The summed E-state index contributed by atoms with van der Waals surface area (Å²) in [5.41, 5.74) is 6.66. The number of nitrogens with one attached hydrogen (secondary N) is 1. The number of halogens is 2. The average Bonchev–Trinajstić information content (AvgIpc) is 2.42. The van der Waals surface area contributed by atoms with Crippen molar-refractivity contribution in [3.8, 4) is 0 Å². The van der Waals surface area contributed by atoms with Gasteiger partial charge in [0.15, 0.2) is 0 Å². The average molecular weight is 283 g/mol. The van der Waals surface area contributed by atoms with E-state index in [-0.39, 0.29) is 11.8 Å². The summed E-state index contributed by atoms with van der Waals surface area (Å²) in [7, 11) is 0. The molecule has 3 N–H and O–H groups in total. The minimum Gasteiger partial charge on any atom is -0.399 e. The summed E-state index contributed by atoms with van der Waals surface area (Å²) in [6.45, 7) is 0.964. The van der Waals surface area contributed by atoms with E-state index in [0.717, 1.165) is 5.56 Å². The van der Waals surface area contributed by atoms with Gasteiger partial charge < -0.3 is 5.73 Å². The van der Waals surface area contributed by atoms with E-state index in [1.165, 1.54) is 0 Å². The van der Waals surface area contributed by atoms with Crippen molar-refractivity contribution in [2.24, 2.45) is 0 Å². The zero-order valence-electron chi connectivity index (χ0n) is 11.2. The van der Waals surface area contributed by atoms with E-state index < -0.39 is 12.3 Å². The van der Waals surface area contributed by atoms with Crippen molar-refractivity contribution in [3.05, 3.63) is 36.8 Å². The number of nitrogen functional groups attached to an aromatic ring is 1. The molecule has 2 amide bonds. The third kappa shape index (κ3) is 3.31. The standard InChI is InChI=1S/C13H16N2O2.CHF2/c1-2-13(8-7-11(16)15-12(13)17)9-3-5-10(14)6-4-9;2-1-3/h3-6H,2,7-8,14H2,1H3,(H,15,16,17);1H. The fraction of sp³-hybridized carbons (Fsp3) is 0.357. The molecule has 0 aromatic heterocycles. The summed E-state index contributed by atoms with van der Waals surface area (Å²) < 4.78 is 19.0. The van der Waals surface area contributed by atoms with Gasteiger partial charge in [0.25, 0.3) is 6.93 Å². The van der Waals surface area contributed by atoms with Crippen LogP contribution >= 0.6 is 0 Å². The highest BCUT2D eigenvalue weighted by molar-refractivity contribution is 6.03. The molecule has 0 aliphatic carbocycles. The highest BCUT2D eigenvalue weighted by Crippen LogP contribution is 2.35. The predicted octanol–water partition coefficient (Wildman–Crippen LogP) is 2.40. The molecule has 109 valence electrons. The number of imide groups is 1. The summed E-state index contributed by atoms with van der Waals surface area (Å²) in [6, 6.07) is 7.31. The van der Waals surface area contributed by atoms with Gasteiger partial charge in [0.2, 0.25) is 11.8 Å². The van der Waals surface area contributed by atoms with Gasteiger partial charge in [-0.3, -0.25) is 14.9 Å². The monoisotopic (exact) mass is 283 g/mol. The Morgan fingerprint density at radius 2 is 1.85 bits per heavy atom. The number of anilines is 1. The number of carbonyl (C=O) groups excluding carboxylic acids is 2. The fourth-order valence-electron chi connectivity index (χ4n) is 2.37. The van der Waals surface area contributed by atoms with Crippen LogP contribution in [-0.4, -0.2) is 11.8 Å². The van der Waals surface area contributed by atoms with E-state index in [4.69, 9.17) is 5.73 Å². The molecule has 1 heterocycles. The molecule has 1 saturated heterocycles. The lowest BCUT2D eigenvalue weighted by Crippen LogP contribution is -2.51. The van der Waals surface area contributed by atoms with Crippen LogP contribution in [0.3, 0.4) is 0 Å². The van der Waals surface area contributed by atoms with Crippen LogP contribution in [0.1, 0.15) is 31.7 Å². The van der Waals surface area contributed by atoms with Crippen LogP contribution in [0.4, 0.5) is 14.5 Å². The van der Waals surface area contributed by atoms with Gasteiger partial charge in [-0.15, -0.1) is 0 Å². The number of rotatable bonds is 2. The molecule has 1 aliphatic rings. The van der Waals surface area contributed by atoms with E-state index >= 15 is 0 Å². The van der Waals surface area contributed by atoms with Crippen LogP contribution in [-0.2, 0) is 15.0 Å². The summed E-state index contributed by atoms with van der Waals surface area (Å²) in [5, 5.41) is 2.43. The molecular formula is C14H17F2N2O2. The Bertz CT molecular complexity index is 477. The van der Waals surface area contributed by atoms with E-state index in [1.54, 1.807) is 12.1 Å². The molecule has 1 aliphatic heterocycles. The number of hydrogen-bond acceptors (Lipinski definition) is 3. The Hall–Kier alpha value is -1.98. The van der Waals surface area contributed by atoms with E-state index in [1.807, 2.05) is 19.1 Å². The lowest BCUT2D eigenvalue weighted by molar-refractivity contribution is -0.138. The molecule has 0 spiro atoms. The Labute approximate surface area is 116 Å². The second kappa shape index (κ2) is 6.98. The van der Waals surface area contributed by atoms with E-state index in [9.17, 15) is 18.4 Å². The van der Waals surface area contributed by atoms with Crippen LogP contribution in [0, 0.1) is 6.93 Å². The molecule has 20 heavy (non-hydrogen) atoms. The smallest absolute Gasteiger partial charge is 0.298 e. The van der Waals surface area contributed by atoms with Crippen molar-refractivity contribution in [3.63, 3.8) is 0 Å². The van der Waals surface area contributed by atoms with Crippen LogP contribution in [0.5, 0.6) is 0 Å². The lowest BCUT2D eigenvalue weighted by Gasteiger charge is -2.34. The van der Waals surface area contributed by atoms with Gasteiger partial charge in [-0.1, -0.05) is 19.1 Å². The minimum atomic E-state index is -1.00. The quantitative estimate of drug-likeness (QED) is 0.646. The van der Waals surface area contributed by atoms with Gasteiger partial charge >= 0.3 is 0 Å². The largest absolute Gasteiger partial charge is 0.399 e. The Kier molecular flexibility index (Phi) is 5.61. The van der Waals surface area contributed by atoms with Gasteiger partial charge in [-0.25, -0.2) is 8.78 Å². The molecule has 1 aromatic rings. The maximum absolute atomic E-state index is 12.1. The zero-order valence-corrected chi connectivity index (χ0v) is 11.2. The van der Waals surface area contributed by atoms with Gasteiger partial charge in [-0.2, -0.15) is 0 Å². The topological polar surface area (TPSA) is 72.2 Å². The van der Waals surface area contributed by atoms with E-state index in [0.29, 0.717) is 24.9 Å². The molecule has 1 unspecified atom stereocenters. The van der Waals surface area contributed by atoms with Crippen molar-refractivity contribution in [2.45, 2.75) is 31.6 Å². The summed E-state index contributed by atoms with van der Waals surface area (Å²) in [4.78, 5) is 23.3. The lowest BCUT2D eigenvalue weighted by atomic mass is 9.72. The second-order valence-electron chi connectivity index (χ2n) is 4.52. The number of piperidine rings is 1. The summed E-state index contributed by atoms with van der Waals surface area (Å²) >= 11 is 0.